The molecule has 0 saturated carbocycles. The van der Waals surface area contributed by atoms with Crippen molar-refractivity contribution in [1.82, 2.24) is 4.98 Å². The third-order valence-electron chi connectivity index (χ3n) is 5.29. The number of amides is 1. The summed E-state index contributed by atoms with van der Waals surface area (Å²) in [5, 5.41) is 15.2. The SMILES string of the molecule is Cc1ccc(OCc2ccccc2)cc1Nc1ccnc(Cl)c1C(=O)Nc1cc(C#N)ccc1N. The van der Waals surface area contributed by atoms with Crippen LogP contribution in [0.15, 0.2) is 79.0 Å². The minimum absolute atomic E-state index is 0.0247. The van der Waals surface area contributed by atoms with Crippen LogP contribution in [0.2, 0.25) is 5.15 Å². The number of nitrogens with one attached hydrogen (secondary N) is 2. The number of aryl methyl sites for hydroxylation is 1. The summed E-state index contributed by atoms with van der Waals surface area (Å²) in [4.78, 5) is 17.2. The number of anilines is 4. The van der Waals surface area contributed by atoms with Gasteiger partial charge in [-0.15, -0.1) is 0 Å². The molecular formula is C27H22ClN5O2. The van der Waals surface area contributed by atoms with Gasteiger partial charge in [-0.1, -0.05) is 48.0 Å². The smallest absolute Gasteiger partial charge is 0.260 e. The first-order chi connectivity index (χ1) is 16.9. The van der Waals surface area contributed by atoms with Gasteiger partial charge in [0.05, 0.1) is 28.7 Å². The molecule has 4 rings (SSSR count). The maximum Gasteiger partial charge on any atom is 0.260 e. The highest BCUT2D eigenvalue weighted by Crippen LogP contribution is 2.31. The van der Waals surface area contributed by atoms with E-state index in [0.29, 0.717) is 35.0 Å². The Kier molecular flexibility index (Phi) is 7.15. The zero-order valence-corrected chi connectivity index (χ0v) is 19.6. The van der Waals surface area contributed by atoms with E-state index in [2.05, 4.69) is 15.6 Å². The van der Waals surface area contributed by atoms with E-state index in [4.69, 9.17) is 27.3 Å². The topological polar surface area (TPSA) is 113 Å². The summed E-state index contributed by atoms with van der Waals surface area (Å²) in [6.45, 7) is 2.38. The highest BCUT2D eigenvalue weighted by Gasteiger charge is 2.19. The van der Waals surface area contributed by atoms with Gasteiger partial charge in [-0.2, -0.15) is 5.26 Å². The van der Waals surface area contributed by atoms with Crippen LogP contribution in [-0.4, -0.2) is 10.9 Å². The Labute approximate surface area is 208 Å². The van der Waals surface area contributed by atoms with E-state index in [1.807, 2.05) is 61.5 Å². The Hall–Kier alpha value is -4.54. The average Bonchev–Trinajstić information content (AvgIpc) is 2.86. The van der Waals surface area contributed by atoms with Crippen LogP contribution in [0.1, 0.15) is 27.0 Å². The van der Waals surface area contributed by atoms with Crippen LogP contribution in [0, 0.1) is 18.3 Å². The molecule has 8 heteroatoms. The van der Waals surface area contributed by atoms with Crippen LogP contribution in [0.5, 0.6) is 5.75 Å². The second-order valence-electron chi connectivity index (χ2n) is 7.77. The minimum atomic E-state index is -0.512. The molecule has 3 aromatic carbocycles. The molecule has 7 nitrogen and oxygen atoms in total. The normalized spacial score (nSPS) is 10.3. The second kappa shape index (κ2) is 10.6. The fourth-order valence-corrected chi connectivity index (χ4v) is 3.63. The maximum absolute atomic E-state index is 13.2. The quantitative estimate of drug-likeness (QED) is 0.217. The number of carbonyl (C=O) groups excluding carboxylic acids is 1. The predicted molar refractivity (Wildman–Crippen MR) is 138 cm³/mol. The molecule has 0 bridgehead atoms. The molecule has 174 valence electrons. The largest absolute Gasteiger partial charge is 0.489 e. The van der Waals surface area contributed by atoms with E-state index < -0.39 is 5.91 Å². The molecule has 1 heterocycles. The number of hydrogen-bond acceptors (Lipinski definition) is 6. The van der Waals surface area contributed by atoms with Crippen molar-refractivity contribution in [3.05, 3.63) is 106 Å². The summed E-state index contributed by atoms with van der Waals surface area (Å²) in [7, 11) is 0. The number of ether oxygens (including phenoxy) is 1. The average molecular weight is 484 g/mol. The molecule has 1 amide bonds. The van der Waals surface area contributed by atoms with Crippen LogP contribution in [0.4, 0.5) is 22.7 Å². The molecule has 1 aromatic heterocycles. The molecule has 0 unspecified atom stereocenters. The van der Waals surface area contributed by atoms with E-state index in [-0.39, 0.29) is 10.7 Å². The highest BCUT2D eigenvalue weighted by molar-refractivity contribution is 6.34. The maximum atomic E-state index is 13.2. The molecular weight excluding hydrogens is 462 g/mol. The molecule has 0 aliphatic carbocycles. The van der Waals surface area contributed by atoms with Crippen molar-refractivity contribution in [3.63, 3.8) is 0 Å². The zero-order chi connectivity index (χ0) is 24.8. The van der Waals surface area contributed by atoms with Crippen molar-refractivity contribution >= 4 is 40.3 Å². The molecule has 4 N–H and O–H groups in total. The van der Waals surface area contributed by atoms with Crippen molar-refractivity contribution < 1.29 is 9.53 Å². The Morgan fingerprint density at radius 3 is 2.63 bits per heavy atom. The molecule has 0 aliphatic heterocycles. The van der Waals surface area contributed by atoms with E-state index in [0.717, 1.165) is 16.8 Å². The summed E-state index contributed by atoms with van der Waals surface area (Å²) in [6, 6.07) is 23.9. The first-order valence-corrected chi connectivity index (χ1v) is 11.1. The number of nitrogen functional groups attached to an aromatic ring is 1. The lowest BCUT2D eigenvalue weighted by Crippen LogP contribution is -2.16. The van der Waals surface area contributed by atoms with E-state index in [9.17, 15) is 4.79 Å². The number of nitrogens with zero attached hydrogens (tertiary/aromatic N) is 2. The summed E-state index contributed by atoms with van der Waals surface area (Å²) in [6.07, 6.45) is 1.51. The lowest BCUT2D eigenvalue weighted by Gasteiger charge is -2.16. The van der Waals surface area contributed by atoms with Crippen LogP contribution in [0.3, 0.4) is 0 Å². The lowest BCUT2D eigenvalue weighted by atomic mass is 10.1. The number of hydrogen-bond donors (Lipinski definition) is 3. The van der Waals surface area contributed by atoms with Crippen LogP contribution in [0.25, 0.3) is 0 Å². The lowest BCUT2D eigenvalue weighted by molar-refractivity contribution is 0.102. The van der Waals surface area contributed by atoms with Crippen molar-refractivity contribution in [3.8, 4) is 11.8 Å². The van der Waals surface area contributed by atoms with Gasteiger partial charge in [0.2, 0.25) is 0 Å². The van der Waals surface area contributed by atoms with Crippen LogP contribution >= 0.6 is 11.6 Å². The molecule has 0 saturated heterocycles. The van der Waals surface area contributed by atoms with Gasteiger partial charge in [-0.05, 0) is 48.4 Å². The molecule has 0 fully saturated rings. The highest BCUT2D eigenvalue weighted by atomic mass is 35.5. The van der Waals surface area contributed by atoms with E-state index in [1.165, 1.54) is 12.3 Å². The van der Waals surface area contributed by atoms with Gasteiger partial charge in [-0.25, -0.2) is 4.98 Å². The fourth-order valence-electron chi connectivity index (χ4n) is 3.39. The Morgan fingerprint density at radius 2 is 1.86 bits per heavy atom. The Bertz CT molecular complexity index is 1420. The first kappa shape index (κ1) is 23.6. The number of pyridine rings is 1. The second-order valence-corrected chi connectivity index (χ2v) is 8.13. The summed E-state index contributed by atoms with van der Waals surface area (Å²) < 4.78 is 5.94. The van der Waals surface area contributed by atoms with Crippen LogP contribution in [-0.2, 0) is 6.61 Å². The standard InChI is InChI=1S/C27H22ClN5O2/c1-17-7-9-20(35-16-18-5-3-2-4-6-18)14-23(17)32-22-11-12-31-26(28)25(22)27(34)33-24-13-19(15-29)8-10-21(24)30/h2-14H,16,30H2,1H3,(H,31,32)(H,33,34). The van der Waals surface area contributed by atoms with E-state index in [1.54, 1.807) is 18.2 Å². The molecule has 0 atom stereocenters. The molecule has 4 aromatic rings. The number of rotatable bonds is 7. The van der Waals surface area contributed by atoms with Crippen molar-refractivity contribution in [2.24, 2.45) is 0 Å². The number of nitrogens with two attached hydrogens (primary N) is 1. The van der Waals surface area contributed by atoms with Gasteiger partial charge in [0, 0.05) is 18.0 Å². The fraction of sp³-hybridized carbons (Fsp3) is 0.0741. The van der Waals surface area contributed by atoms with Crippen molar-refractivity contribution in [2.75, 3.05) is 16.4 Å². The van der Waals surface area contributed by atoms with E-state index >= 15 is 0 Å². The van der Waals surface area contributed by atoms with Gasteiger partial charge in [0.15, 0.2) is 0 Å². The van der Waals surface area contributed by atoms with Gasteiger partial charge in [0.25, 0.3) is 5.91 Å². The number of carbonyl (C=O) groups is 1. The minimum Gasteiger partial charge on any atom is -0.489 e. The number of halogens is 1. The third kappa shape index (κ3) is 5.69. The molecule has 0 aliphatic rings. The van der Waals surface area contributed by atoms with Crippen LogP contribution < -0.4 is 21.1 Å². The Balaban J connectivity index is 1.58. The molecule has 0 spiro atoms. The van der Waals surface area contributed by atoms with Gasteiger partial charge in [0.1, 0.15) is 23.1 Å². The number of nitriles is 1. The molecule has 35 heavy (non-hydrogen) atoms. The van der Waals surface area contributed by atoms with Crippen molar-refractivity contribution in [1.29, 1.82) is 5.26 Å². The zero-order valence-electron chi connectivity index (χ0n) is 18.9. The summed E-state index contributed by atoms with van der Waals surface area (Å²) in [5.41, 5.74) is 10.3. The van der Waals surface area contributed by atoms with Gasteiger partial charge in [-0.3, -0.25) is 4.79 Å². The number of benzene rings is 3. The summed E-state index contributed by atoms with van der Waals surface area (Å²) >= 11 is 6.32. The monoisotopic (exact) mass is 483 g/mol. The molecule has 0 radical (unpaired) electrons. The van der Waals surface area contributed by atoms with Gasteiger partial charge >= 0.3 is 0 Å². The van der Waals surface area contributed by atoms with Crippen molar-refractivity contribution in [2.45, 2.75) is 13.5 Å². The first-order valence-electron chi connectivity index (χ1n) is 10.7. The Morgan fingerprint density at radius 1 is 1.06 bits per heavy atom. The third-order valence-corrected chi connectivity index (χ3v) is 5.58. The summed E-state index contributed by atoms with van der Waals surface area (Å²) in [5.74, 6) is 0.163. The number of aromatic nitrogens is 1. The van der Waals surface area contributed by atoms with Gasteiger partial charge < -0.3 is 21.1 Å². The predicted octanol–water partition coefficient (Wildman–Crippen LogP) is 6.07.